The Morgan fingerprint density at radius 3 is 2.95 bits per heavy atom. The molecule has 2 rings (SSSR count). The standard InChI is InChI=1S/C14H19N3O2/c1-3-6-17-9-11(15)8-13(17)14(18)16(2)10-12-5-4-7-19-12/h4-5,7-9H,3,6,10,15H2,1-2H3. The summed E-state index contributed by atoms with van der Waals surface area (Å²) in [5.74, 6) is 0.707. The summed E-state index contributed by atoms with van der Waals surface area (Å²) in [7, 11) is 1.75. The highest BCUT2D eigenvalue weighted by molar-refractivity contribution is 5.93. The molecule has 102 valence electrons. The van der Waals surface area contributed by atoms with Crippen LogP contribution in [0, 0.1) is 0 Å². The summed E-state index contributed by atoms with van der Waals surface area (Å²) >= 11 is 0. The van der Waals surface area contributed by atoms with Gasteiger partial charge in [-0.15, -0.1) is 0 Å². The second-order valence-electron chi connectivity index (χ2n) is 4.59. The number of carbonyl (C=O) groups is 1. The van der Waals surface area contributed by atoms with Gasteiger partial charge in [0.25, 0.3) is 5.91 Å². The third-order valence-electron chi connectivity index (χ3n) is 2.92. The van der Waals surface area contributed by atoms with Crippen LogP contribution >= 0.6 is 0 Å². The number of furan rings is 1. The van der Waals surface area contributed by atoms with E-state index in [1.165, 1.54) is 0 Å². The molecule has 0 radical (unpaired) electrons. The number of hydrogen-bond donors (Lipinski definition) is 1. The van der Waals surface area contributed by atoms with Crippen molar-refractivity contribution < 1.29 is 9.21 Å². The molecule has 2 aromatic heterocycles. The van der Waals surface area contributed by atoms with Gasteiger partial charge in [0, 0.05) is 19.8 Å². The Kier molecular flexibility index (Phi) is 3.94. The largest absolute Gasteiger partial charge is 0.467 e. The smallest absolute Gasteiger partial charge is 0.270 e. The van der Waals surface area contributed by atoms with Crippen LogP contribution < -0.4 is 5.73 Å². The summed E-state index contributed by atoms with van der Waals surface area (Å²) < 4.78 is 7.15. The molecule has 1 amide bonds. The SMILES string of the molecule is CCCn1cc(N)cc1C(=O)N(C)Cc1ccco1. The van der Waals surface area contributed by atoms with Gasteiger partial charge in [-0.2, -0.15) is 0 Å². The molecule has 5 nitrogen and oxygen atoms in total. The van der Waals surface area contributed by atoms with E-state index in [0.717, 1.165) is 18.7 Å². The summed E-state index contributed by atoms with van der Waals surface area (Å²) in [4.78, 5) is 14.0. The van der Waals surface area contributed by atoms with E-state index in [1.54, 1.807) is 30.5 Å². The van der Waals surface area contributed by atoms with Crippen molar-refractivity contribution in [1.82, 2.24) is 9.47 Å². The zero-order valence-corrected chi connectivity index (χ0v) is 11.3. The second kappa shape index (κ2) is 5.65. The molecule has 19 heavy (non-hydrogen) atoms. The van der Waals surface area contributed by atoms with Gasteiger partial charge >= 0.3 is 0 Å². The van der Waals surface area contributed by atoms with E-state index in [4.69, 9.17) is 10.2 Å². The molecule has 0 saturated carbocycles. The summed E-state index contributed by atoms with van der Waals surface area (Å²) in [5, 5.41) is 0. The lowest BCUT2D eigenvalue weighted by molar-refractivity contribution is 0.0764. The highest BCUT2D eigenvalue weighted by Gasteiger charge is 2.17. The summed E-state index contributed by atoms with van der Waals surface area (Å²) in [6.07, 6.45) is 4.36. The molecule has 0 aromatic carbocycles. The maximum Gasteiger partial charge on any atom is 0.270 e. The molecule has 2 N–H and O–H groups in total. The van der Waals surface area contributed by atoms with Crippen LogP contribution in [0.1, 0.15) is 29.6 Å². The van der Waals surface area contributed by atoms with Crippen LogP contribution in [0.3, 0.4) is 0 Å². The van der Waals surface area contributed by atoms with E-state index in [0.29, 0.717) is 17.9 Å². The van der Waals surface area contributed by atoms with Crippen molar-refractivity contribution in [3.05, 3.63) is 42.1 Å². The minimum absolute atomic E-state index is 0.0541. The number of nitrogens with two attached hydrogens (primary N) is 1. The normalized spacial score (nSPS) is 10.6. The number of nitrogens with zero attached hydrogens (tertiary/aromatic N) is 2. The fourth-order valence-corrected chi connectivity index (χ4v) is 2.04. The number of amides is 1. The van der Waals surface area contributed by atoms with Crippen molar-refractivity contribution in [2.75, 3.05) is 12.8 Å². The Labute approximate surface area is 112 Å². The van der Waals surface area contributed by atoms with Crippen LogP contribution in [-0.4, -0.2) is 22.4 Å². The number of anilines is 1. The molecular weight excluding hydrogens is 242 g/mol. The number of hydrogen-bond acceptors (Lipinski definition) is 3. The monoisotopic (exact) mass is 261 g/mol. The third-order valence-corrected chi connectivity index (χ3v) is 2.92. The average molecular weight is 261 g/mol. The quantitative estimate of drug-likeness (QED) is 0.898. The molecular formula is C14H19N3O2. The van der Waals surface area contributed by atoms with E-state index in [2.05, 4.69) is 6.92 Å². The molecule has 0 aliphatic rings. The van der Waals surface area contributed by atoms with Crippen LogP contribution in [0.5, 0.6) is 0 Å². The molecule has 0 fully saturated rings. The first-order valence-corrected chi connectivity index (χ1v) is 6.35. The Hall–Kier alpha value is -2.17. The minimum Gasteiger partial charge on any atom is -0.467 e. The fraction of sp³-hybridized carbons (Fsp3) is 0.357. The van der Waals surface area contributed by atoms with E-state index < -0.39 is 0 Å². The van der Waals surface area contributed by atoms with E-state index in [1.807, 2.05) is 16.7 Å². The molecule has 0 saturated heterocycles. The highest BCUT2D eigenvalue weighted by atomic mass is 16.3. The summed E-state index contributed by atoms with van der Waals surface area (Å²) in [6.45, 7) is 3.30. The predicted octanol–water partition coefficient (Wildman–Crippen LogP) is 2.35. The Morgan fingerprint density at radius 2 is 2.32 bits per heavy atom. The van der Waals surface area contributed by atoms with Gasteiger partial charge in [-0.05, 0) is 24.6 Å². The molecule has 2 heterocycles. The molecule has 0 spiro atoms. The first-order valence-electron chi connectivity index (χ1n) is 6.35. The number of carbonyl (C=O) groups excluding carboxylic acids is 1. The highest BCUT2D eigenvalue weighted by Crippen LogP contribution is 2.15. The number of rotatable bonds is 5. The maximum absolute atomic E-state index is 12.4. The van der Waals surface area contributed by atoms with E-state index in [9.17, 15) is 4.79 Å². The van der Waals surface area contributed by atoms with Crippen LogP contribution in [0.4, 0.5) is 5.69 Å². The van der Waals surface area contributed by atoms with E-state index >= 15 is 0 Å². The van der Waals surface area contributed by atoms with Gasteiger partial charge in [0.05, 0.1) is 18.5 Å². The fourth-order valence-electron chi connectivity index (χ4n) is 2.04. The summed E-state index contributed by atoms with van der Waals surface area (Å²) in [5.41, 5.74) is 7.01. The van der Waals surface area contributed by atoms with Crippen molar-refractivity contribution in [3.8, 4) is 0 Å². The number of aromatic nitrogens is 1. The number of aryl methyl sites for hydroxylation is 1. The van der Waals surface area contributed by atoms with Gasteiger partial charge in [-0.25, -0.2) is 0 Å². The number of nitrogen functional groups attached to an aromatic ring is 1. The Balaban J connectivity index is 2.14. The third kappa shape index (κ3) is 2.99. The topological polar surface area (TPSA) is 64.4 Å². The van der Waals surface area contributed by atoms with Crippen LogP contribution in [0.15, 0.2) is 35.1 Å². The summed E-state index contributed by atoms with van der Waals surface area (Å²) in [6, 6.07) is 5.38. The van der Waals surface area contributed by atoms with Crippen molar-refractivity contribution in [3.63, 3.8) is 0 Å². The average Bonchev–Trinajstić information content (AvgIpc) is 2.98. The zero-order chi connectivity index (χ0) is 13.8. The molecule has 0 aliphatic heterocycles. The van der Waals surface area contributed by atoms with Crippen molar-refractivity contribution >= 4 is 11.6 Å². The van der Waals surface area contributed by atoms with Gasteiger partial charge in [0.1, 0.15) is 11.5 Å². The second-order valence-corrected chi connectivity index (χ2v) is 4.59. The minimum atomic E-state index is -0.0541. The lowest BCUT2D eigenvalue weighted by atomic mass is 10.3. The van der Waals surface area contributed by atoms with Crippen LogP contribution in [-0.2, 0) is 13.1 Å². The zero-order valence-electron chi connectivity index (χ0n) is 11.3. The Morgan fingerprint density at radius 1 is 1.53 bits per heavy atom. The van der Waals surface area contributed by atoms with Gasteiger partial charge in [0.2, 0.25) is 0 Å². The van der Waals surface area contributed by atoms with Crippen LogP contribution in [0.2, 0.25) is 0 Å². The molecule has 0 aliphatic carbocycles. The van der Waals surface area contributed by atoms with Gasteiger partial charge in [-0.1, -0.05) is 6.92 Å². The Bertz CT molecular complexity index is 543. The van der Waals surface area contributed by atoms with Crippen molar-refractivity contribution in [1.29, 1.82) is 0 Å². The molecule has 0 atom stereocenters. The first kappa shape index (κ1) is 13.3. The first-order chi connectivity index (χ1) is 9.11. The molecule has 2 aromatic rings. The van der Waals surface area contributed by atoms with Crippen molar-refractivity contribution in [2.45, 2.75) is 26.4 Å². The predicted molar refractivity (Wildman–Crippen MR) is 73.6 cm³/mol. The molecule has 5 heteroatoms. The van der Waals surface area contributed by atoms with Crippen LogP contribution in [0.25, 0.3) is 0 Å². The van der Waals surface area contributed by atoms with Gasteiger partial charge in [0.15, 0.2) is 0 Å². The maximum atomic E-state index is 12.4. The van der Waals surface area contributed by atoms with Crippen molar-refractivity contribution in [2.24, 2.45) is 0 Å². The van der Waals surface area contributed by atoms with E-state index in [-0.39, 0.29) is 5.91 Å². The lowest BCUT2D eigenvalue weighted by Gasteiger charge is -2.17. The molecule has 0 unspecified atom stereocenters. The molecule has 0 bridgehead atoms. The lowest BCUT2D eigenvalue weighted by Crippen LogP contribution is -2.28. The van der Waals surface area contributed by atoms with Gasteiger partial charge in [-0.3, -0.25) is 4.79 Å². The van der Waals surface area contributed by atoms with Gasteiger partial charge < -0.3 is 19.6 Å².